The molecule has 6 nitrogen and oxygen atoms in total. The molecule has 6 heteroatoms. The molecule has 0 bridgehead atoms. The monoisotopic (exact) mass is 290 g/mol. The third-order valence-electron chi connectivity index (χ3n) is 4.34. The Hall–Kier alpha value is -1.66. The average Bonchev–Trinajstić information content (AvgIpc) is 3.18. The maximum atomic E-state index is 5.93. The van der Waals surface area contributed by atoms with Gasteiger partial charge in [-0.3, -0.25) is 4.90 Å². The highest BCUT2D eigenvalue weighted by molar-refractivity contribution is 5.42. The molecule has 2 atom stereocenters. The van der Waals surface area contributed by atoms with Gasteiger partial charge < -0.3 is 14.7 Å². The van der Waals surface area contributed by atoms with Gasteiger partial charge in [0.2, 0.25) is 0 Å². The van der Waals surface area contributed by atoms with Crippen LogP contribution in [0.1, 0.15) is 32.0 Å². The number of furan rings is 1. The first-order valence-corrected chi connectivity index (χ1v) is 7.60. The average molecular weight is 290 g/mol. The van der Waals surface area contributed by atoms with Crippen molar-refractivity contribution in [3.63, 3.8) is 0 Å². The molecule has 21 heavy (non-hydrogen) atoms. The van der Waals surface area contributed by atoms with Gasteiger partial charge in [-0.25, -0.2) is 0 Å². The van der Waals surface area contributed by atoms with Gasteiger partial charge in [0, 0.05) is 12.6 Å². The Labute approximate surface area is 124 Å². The highest BCUT2D eigenvalue weighted by atomic mass is 16.5. The lowest BCUT2D eigenvalue weighted by atomic mass is 9.89. The second-order valence-corrected chi connectivity index (χ2v) is 5.65. The molecule has 3 heterocycles. The Morgan fingerprint density at radius 3 is 3.10 bits per heavy atom. The van der Waals surface area contributed by atoms with Crippen LogP contribution in [0.25, 0.3) is 11.7 Å². The zero-order valence-corrected chi connectivity index (χ0v) is 12.4. The summed E-state index contributed by atoms with van der Waals surface area (Å²) < 4.78 is 10.5. The molecule has 1 aliphatic heterocycles. The van der Waals surface area contributed by atoms with E-state index in [-0.39, 0.29) is 0 Å². The van der Waals surface area contributed by atoms with E-state index in [2.05, 4.69) is 22.0 Å². The molecule has 114 valence electrons. The van der Waals surface area contributed by atoms with E-state index in [0.29, 0.717) is 36.6 Å². The predicted octanol–water partition coefficient (Wildman–Crippen LogP) is 2.28. The van der Waals surface area contributed by atoms with E-state index < -0.39 is 0 Å². The minimum absolute atomic E-state index is 0.411. The molecule has 2 aromatic heterocycles. The van der Waals surface area contributed by atoms with Crippen molar-refractivity contribution in [2.75, 3.05) is 13.1 Å². The third-order valence-corrected chi connectivity index (χ3v) is 4.34. The van der Waals surface area contributed by atoms with Gasteiger partial charge in [-0.15, -0.1) is 0 Å². The summed E-state index contributed by atoms with van der Waals surface area (Å²) >= 11 is 0. The van der Waals surface area contributed by atoms with E-state index >= 15 is 0 Å². The summed E-state index contributed by atoms with van der Waals surface area (Å²) in [5, 5.41) is 4.05. The van der Waals surface area contributed by atoms with Crippen molar-refractivity contribution >= 4 is 0 Å². The van der Waals surface area contributed by atoms with Crippen LogP contribution in [0.5, 0.6) is 0 Å². The van der Waals surface area contributed by atoms with Crippen molar-refractivity contribution in [2.45, 2.75) is 38.8 Å². The number of piperidine rings is 1. The summed E-state index contributed by atoms with van der Waals surface area (Å²) in [5.74, 6) is 2.52. The Morgan fingerprint density at radius 2 is 2.38 bits per heavy atom. The maximum Gasteiger partial charge on any atom is 0.293 e. The van der Waals surface area contributed by atoms with E-state index in [0.717, 1.165) is 18.9 Å². The number of hydrogen-bond acceptors (Lipinski definition) is 6. The molecule has 0 aromatic carbocycles. The van der Waals surface area contributed by atoms with Crippen LogP contribution in [-0.2, 0) is 6.54 Å². The number of nitrogens with two attached hydrogens (primary N) is 1. The molecular formula is C15H22N4O2. The van der Waals surface area contributed by atoms with Crippen molar-refractivity contribution in [1.29, 1.82) is 0 Å². The van der Waals surface area contributed by atoms with Gasteiger partial charge in [0.05, 0.1) is 12.8 Å². The lowest BCUT2D eigenvalue weighted by molar-refractivity contribution is 0.104. The molecule has 0 amide bonds. The summed E-state index contributed by atoms with van der Waals surface area (Å²) in [6.45, 7) is 4.66. The van der Waals surface area contributed by atoms with Crippen molar-refractivity contribution < 1.29 is 8.94 Å². The van der Waals surface area contributed by atoms with Crippen molar-refractivity contribution in [3.8, 4) is 11.7 Å². The van der Waals surface area contributed by atoms with Crippen LogP contribution >= 0.6 is 0 Å². The second kappa shape index (κ2) is 6.41. The Bertz CT molecular complexity index is 552. The molecule has 0 aliphatic carbocycles. The first-order chi connectivity index (χ1) is 10.3. The zero-order valence-electron chi connectivity index (χ0n) is 12.4. The molecule has 3 rings (SSSR count). The van der Waals surface area contributed by atoms with Gasteiger partial charge in [0.15, 0.2) is 11.6 Å². The first-order valence-electron chi connectivity index (χ1n) is 7.60. The fourth-order valence-corrected chi connectivity index (χ4v) is 3.01. The SMILES string of the molecule is CCC1CCN(Cc2noc(-c3ccco3)n2)C(CN)C1. The van der Waals surface area contributed by atoms with Crippen LogP contribution in [0.3, 0.4) is 0 Å². The molecule has 0 radical (unpaired) electrons. The molecular weight excluding hydrogens is 268 g/mol. The number of rotatable bonds is 5. The minimum Gasteiger partial charge on any atom is -0.459 e. The summed E-state index contributed by atoms with van der Waals surface area (Å²) in [4.78, 5) is 6.76. The highest BCUT2D eigenvalue weighted by Gasteiger charge is 2.27. The summed E-state index contributed by atoms with van der Waals surface area (Å²) in [5.41, 5.74) is 5.93. The second-order valence-electron chi connectivity index (χ2n) is 5.65. The van der Waals surface area contributed by atoms with Crippen molar-refractivity contribution in [1.82, 2.24) is 15.0 Å². The van der Waals surface area contributed by atoms with Crippen LogP contribution < -0.4 is 5.73 Å². The third kappa shape index (κ3) is 3.16. The van der Waals surface area contributed by atoms with Crippen molar-refractivity contribution in [3.05, 3.63) is 24.2 Å². The van der Waals surface area contributed by atoms with Crippen molar-refractivity contribution in [2.24, 2.45) is 11.7 Å². The van der Waals surface area contributed by atoms with Crippen LogP contribution in [-0.4, -0.2) is 34.2 Å². The van der Waals surface area contributed by atoms with Gasteiger partial charge in [-0.2, -0.15) is 4.98 Å². The van der Waals surface area contributed by atoms with Gasteiger partial charge in [0.1, 0.15) is 0 Å². The summed E-state index contributed by atoms with van der Waals surface area (Å²) in [6.07, 6.45) is 5.21. The van der Waals surface area contributed by atoms with E-state index in [1.165, 1.54) is 12.8 Å². The molecule has 2 aromatic rings. The molecule has 0 spiro atoms. The van der Waals surface area contributed by atoms with Crippen LogP contribution in [0, 0.1) is 5.92 Å². The molecule has 0 saturated carbocycles. The predicted molar refractivity (Wildman–Crippen MR) is 78.3 cm³/mol. The van der Waals surface area contributed by atoms with Crippen LogP contribution in [0.4, 0.5) is 0 Å². The summed E-state index contributed by atoms with van der Waals surface area (Å²) in [6, 6.07) is 4.03. The Kier molecular flexibility index (Phi) is 4.36. The first kappa shape index (κ1) is 14.3. The Balaban J connectivity index is 1.66. The van der Waals surface area contributed by atoms with Gasteiger partial charge in [-0.05, 0) is 37.4 Å². The van der Waals surface area contributed by atoms with E-state index in [1.54, 1.807) is 12.3 Å². The number of likely N-dealkylation sites (tertiary alicyclic amines) is 1. The topological polar surface area (TPSA) is 81.3 Å². The highest BCUT2D eigenvalue weighted by Crippen LogP contribution is 2.26. The standard InChI is InChI=1S/C15H22N4O2/c1-2-11-5-6-19(12(8-11)9-16)10-14-17-15(21-18-14)13-4-3-7-20-13/h3-4,7,11-12H,2,5-6,8-10,16H2,1H3. The molecule has 2 N–H and O–H groups in total. The van der Waals surface area contributed by atoms with E-state index in [4.69, 9.17) is 14.7 Å². The molecule has 1 fully saturated rings. The van der Waals surface area contributed by atoms with Gasteiger partial charge >= 0.3 is 0 Å². The molecule has 2 unspecified atom stereocenters. The zero-order chi connectivity index (χ0) is 14.7. The lowest BCUT2D eigenvalue weighted by Crippen LogP contribution is -2.46. The lowest BCUT2D eigenvalue weighted by Gasteiger charge is -2.38. The smallest absolute Gasteiger partial charge is 0.293 e. The quantitative estimate of drug-likeness (QED) is 0.909. The largest absolute Gasteiger partial charge is 0.459 e. The fourth-order valence-electron chi connectivity index (χ4n) is 3.01. The van der Waals surface area contributed by atoms with Crippen LogP contribution in [0.2, 0.25) is 0 Å². The maximum absolute atomic E-state index is 5.93. The van der Waals surface area contributed by atoms with Crippen LogP contribution in [0.15, 0.2) is 27.3 Å². The Morgan fingerprint density at radius 1 is 1.48 bits per heavy atom. The molecule has 1 aliphatic rings. The molecule has 1 saturated heterocycles. The van der Waals surface area contributed by atoms with Gasteiger partial charge in [0.25, 0.3) is 5.89 Å². The number of hydrogen-bond donors (Lipinski definition) is 1. The van der Waals surface area contributed by atoms with Gasteiger partial charge in [-0.1, -0.05) is 18.5 Å². The minimum atomic E-state index is 0.411. The van der Waals surface area contributed by atoms with E-state index in [9.17, 15) is 0 Å². The fraction of sp³-hybridized carbons (Fsp3) is 0.600. The normalized spacial score (nSPS) is 23.5. The summed E-state index contributed by atoms with van der Waals surface area (Å²) in [7, 11) is 0. The number of aromatic nitrogens is 2. The number of nitrogens with zero attached hydrogens (tertiary/aromatic N) is 3. The van der Waals surface area contributed by atoms with E-state index in [1.807, 2.05) is 6.07 Å².